The van der Waals surface area contributed by atoms with Crippen LogP contribution in [-0.2, 0) is 16.0 Å². The molecular weight excluding hydrogens is 229 g/mol. The van der Waals surface area contributed by atoms with Crippen LogP contribution in [-0.4, -0.2) is 30.2 Å². The number of carboxylic acid groups (broad SMARTS) is 1. The Morgan fingerprint density at radius 2 is 2.12 bits per heavy atom. The zero-order valence-electron chi connectivity index (χ0n) is 9.14. The molecule has 0 aliphatic rings. The predicted molar refractivity (Wildman–Crippen MR) is 57.1 cm³/mol. The van der Waals surface area contributed by atoms with Crippen LogP contribution in [0.3, 0.4) is 0 Å². The minimum atomic E-state index is -1.24. The van der Waals surface area contributed by atoms with Crippen molar-refractivity contribution >= 4 is 11.9 Å². The van der Waals surface area contributed by atoms with Crippen LogP contribution in [0.25, 0.3) is 0 Å². The highest BCUT2D eigenvalue weighted by atomic mass is 19.1. The van der Waals surface area contributed by atoms with Gasteiger partial charge in [0.15, 0.2) is 0 Å². The van der Waals surface area contributed by atoms with Crippen molar-refractivity contribution < 1.29 is 23.8 Å². The average molecular weight is 241 g/mol. The first-order valence-corrected chi connectivity index (χ1v) is 4.80. The van der Waals surface area contributed by atoms with Crippen LogP contribution in [0.1, 0.15) is 15.9 Å². The molecule has 1 atom stereocenters. The smallest absolute Gasteiger partial charge is 0.335 e. The Balaban J connectivity index is 2.91. The summed E-state index contributed by atoms with van der Waals surface area (Å²) >= 11 is 0. The monoisotopic (exact) mass is 241 g/mol. The number of rotatable bonds is 4. The molecule has 0 aliphatic heterocycles. The van der Waals surface area contributed by atoms with Gasteiger partial charge in [0, 0.05) is 0 Å². The number of carbonyl (C=O) groups excluding carboxylic acids is 1. The third kappa shape index (κ3) is 3.53. The molecule has 0 saturated heterocycles. The minimum absolute atomic E-state index is 0.0186. The van der Waals surface area contributed by atoms with Gasteiger partial charge in [-0.05, 0) is 30.2 Å². The number of hydrogen-bond acceptors (Lipinski definition) is 4. The Hall–Kier alpha value is -1.95. The Morgan fingerprint density at radius 3 is 2.65 bits per heavy atom. The van der Waals surface area contributed by atoms with Gasteiger partial charge in [0.05, 0.1) is 12.7 Å². The van der Waals surface area contributed by atoms with E-state index in [4.69, 9.17) is 10.8 Å². The van der Waals surface area contributed by atoms with Crippen molar-refractivity contribution in [3.05, 3.63) is 35.1 Å². The Morgan fingerprint density at radius 1 is 1.47 bits per heavy atom. The van der Waals surface area contributed by atoms with Crippen molar-refractivity contribution in [1.82, 2.24) is 0 Å². The van der Waals surface area contributed by atoms with Gasteiger partial charge in [-0.2, -0.15) is 0 Å². The maximum atomic E-state index is 13.1. The first-order chi connectivity index (χ1) is 7.93. The van der Waals surface area contributed by atoms with E-state index in [2.05, 4.69) is 4.74 Å². The maximum Gasteiger partial charge on any atom is 0.335 e. The lowest BCUT2D eigenvalue weighted by atomic mass is 10.0. The number of esters is 1. The van der Waals surface area contributed by atoms with Crippen molar-refractivity contribution in [3.63, 3.8) is 0 Å². The lowest BCUT2D eigenvalue weighted by Crippen LogP contribution is -2.33. The van der Waals surface area contributed by atoms with Crippen LogP contribution >= 0.6 is 0 Å². The van der Waals surface area contributed by atoms with Crippen LogP contribution in [0, 0.1) is 5.82 Å². The molecule has 1 aromatic rings. The van der Waals surface area contributed by atoms with E-state index in [1.165, 1.54) is 13.2 Å². The molecule has 0 aliphatic carbocycles. The highest BCUT2D eigenvalue weighted by molar-refractivity contribution is 5.87. The van der Waals surface area contributed by atoms with Gasteiger partial charge in [0.25, 0.3) is 0 Å². The summed E-state index contributed by atoms with van der Waals surface area (Å²) in [5, 5.41) is 8.73. The van der Waals surface area contributed by atoms with Crippen molar-refractivity contribution in [2.24, 2.45) is 5.73 Å². The van der Waals surface area contributed by atoms with E-state index in [-0.39, 0.29) is 12.0 Å². The first kappa shape index (κ1) is 13.1. The number of aromatic carboxylic acids is 1. The molecule has 3 N–H and O–H groups in total. The highest BCUT2D eigenvalue weighted by Crippen LogP contribution is 2.11. The molecule has 0 bridgehead atoms. The molecule has 0 heterocycles. The summed E-state index contributed by atoms with van der Waals surface area (Å²) in [5.74, 6) is -2.56. The van der Waals surface area contributed by atoms with Crippen LogP contribution in [0.5, 0.6) is 0 Å². The fourth-order valence-electron chi connectivity index (χ4n) is 1.38. The van der Waals surface area contributed by atoms with Crippen molar-refractivity contribution in [3.8, 4) is 0 Å². The number of benzene rings is 1. The van der Waals surface area contributed by atoms with E-state index in [1.54, 1.807) is 0 Å². The van der Waals surface area contributed by atoms with E-state index in [9.17, 15) is 14.0 Å². The molecule has 0 aromatic heterocycles. The quantitative estimate of drug-likeness (QED) is 0.752. The largest absolute Gasteiger partial charge is 0.478 e. The van der Waals surface area contributed by atoms with Gasteiger partial charge < -0.3 is 15.6 Å². The summed E-state index contributed by atoms with van der Waals surface area (Å²) in [5.41, 5.74) is 5.64. The number of nitrogens with two attached hydrogens (primary N) is 1. The normalized spacial score (nSPS) is 11.9. The molecule has 0 radical (unpaired) electrons. The number of halogens is 1. The van der Waals surface area contributed by atoms with Crippen molar-refractivity contribution in [2.75, 3.05) is 7.11 Å². The second-order valence-corrected chi connectivity index (χ2v) is 3.49. The van der Waals surface area contributed by atoms with E-state index >= 15 is 0 Å². The highest BCUT2D eigenvalue weighted by Gasteiger charge is 2.16. The summed E-state index contributed by atoms with van der Waals surface area (Å²) in [6, 6.07) is 2.36. The third-order valence-electron chi connectivity index (χ3n) is 2.16. The summed E-state index contributed by atoms with van der Waals surface area (Å²) in [7, 11) is 1.19. The number of hydrogen-bond donors (Lipinski definition) is 2. The molecule has 0 amide bonds. The molecule has 5 nitrogen and oxygen atoms in total. The molecule has 0 fully saturated rings. The SMILES string of the molecule is COC(=O)[C@H](N)Cc1cc(F)cc(C(=O)O)c1. The minimum Gasteiger partial charge on any atom is -0.478 e. The van der Waals surface area contributed by atoms with Gasteiger partial charge in [-0.25, -0.2) is 9.18 Å². The van der Waals surface area contributed by atoms with Crippen molar-refractivity contribution in [1.29, 1.82) is 0 Å². The van der Waals surface area contributed by atoms with Gasteiger partial charge in [-0.1, -0.05) is 0 Å². The lowest BCUT2D eigenvalue weighted by Gasteiger charge is -2.09. The third-order valence-corrected chi connectivity index (χ3v) is 2.16. The summed E-state index contributed by atoms with van der Waals surface area (Å²) in [4.78, 5) is 21.8. The van der Waals surface area contributed by atoms with E-state index in [0.29, 0.717) is 5.56 Å². The van der Waals surface area contributed by atoms with E-state index < -0.39 is 23.8 Å². The average Bonchev–Trinajstić information content (AvgIpc) is 2.26. The van der Waals surface area contributed by atoms with E-state index in [0.717, 1.165) is 12.1 Å². The number of carbonyl (C=O) groups is 2. The maximum absolute atomic E-state index is 13.1. The molecule has 1 rings (SSSR count). The summed E-state index contributed by atoms with van der Waals surface area (Å²) in [6.45, 7) is 0. The molecule has 0 spiro atoms. The zero-order valence-corrected chi connectivity index (χ0v) is 9.14. The second kappa shape index (κ2) is 5.40. The molecule has 17 heavy (non-hydrogen) atoms. The molecule has 0 unspecified atom stereocenters. The Kier molecular flexibility index (Phi) is 4.17. The van der Waals surface area contributed by atoms with Gasteiger partial charge in [-0.3, -0.25) is 4.79 Å². The standard InChI is InChI=1S/C11H12FNO4/c1-17-11(16)9(13)4-6-2-7(10(14)15)5-8(12)3-6/h2-3,5,9H,4,13H2,1H3,(H,14,15)/t9-/m1/s1. The lowest BCUT2D eigenvalue weighted by molar-refractivity contribution is -0.142. The van der Waals surface area contributed by atoms with Crippen molar-refractivity contribution in [2.45, 2.75) is 12.5 Å². The van der Waals surface area contributed by atoms with Gasteiger partial charge >= 0.3 is 11.9 Å². The van der Waals surface area contributed by atoms with Gasteiger partial charge in [0.2, 0.25) is 0 Å². The van der Waals surface area contributed by atoms with Crippen LogP contribution in [0.15, 0.2) is 18.2 Å². The predicted octanol–water partition coefficient (Wildman–Crippen LogP) is 0.567. The molecule has 0 saturated carbocycles. The number of methoxy groups -OCH3 is 1. The molecular formula is C11H12FNO4. The fraction of sp³-hybridized carbons (Fsp3) is 0.273. The van der Waals surface area contributed by atoms with Gasteiger partial charge in [0.1, 0.15) is 11.9 Å². The molecule has 1 aromatic carbocycles. The first-order valence-electron chi connectivity index (χ1n) is 4.80. The Labute approximate surface area is 97.0 Å². The topological polar surface area (TPSA) is 89.6 Å². The molecule has 92 valence electrons. The van der Waals surface area contributed by atoms with Crippen LogP contribution in [0.4, 0.5) is 4.39 Å². The number of ether oxygens (including phenoxy) is 1. The van der Waals surface area contributed by atoms with Gasteiger partial charge in [-0.15, -0.1) is 0 Å². The second-order valence-electron chi connectivity index (χ2n) is 3.49. The Bertz CT molecular complexity index is 447. The van der Waals surface area contributed by atoms with Crippen LogP contribution < -0.4 is 5.73 Å². The number of carboxylic acids is 1. The molecule has 6 heteroatoms. The fourth-order valence-corrected chi connectivity index (χ4v) is 1.38. The van der Waals surface area contributed by atoms with Crippen LogP contribution in [0.2, 0.25) is 0 Å². The zero-order chi connectivity index (χ0) is 13.0. The van der Waals surface area contributed by atoms with E-state index in [1.807, 2.05) is 0 Å². The summed E-state index contributed by atoms with van der Waals surface area (Å²) in [6.07, 6.45) is 0.0186. The summed E-state index contributed by atoms with van der Waals surface area (Å²) < 4.78 is 17.5.